The predicted octanol–water partition coefficient (Wildman–Crippen LogP) is 1.21. The van der Waals surface area contributed by atoms with Gasteiger partial charge in [0, 0.05) is 0 Å². The average Bonchev–Trinajstić information content (AvgIpc) is 2.28. The first-order chi connectivity index (χ1) is 5.43. The molecule has 0 aromatic rings. The van der Waals surface area contributed by atoms with E-state index in [9.17, 15) is 0 Å². The molecule has 1 aliphatic rings. The lowest BCUT2D eigenvalue weighted by molar-refractivity contribution is 0.283. The van der Waals surface area contributed by atoms with Gasteiger partial charge in [-0.1, -0.05) is 12.8 Å². The van der Waals surface area contributed by atoms with E-state index in [4.69, 9.17) is 5.73 Å². The summed E-state index contributed by atoms with van der Waals surface area (Å²) >= 11 is 0. The summed E-state index contributed by atoms with van der Waals surface area (Å²) in [5.41, 5.74) is 5.46. The molecular formula is C9H20N2. The van der Waals surface area contributed by atoms with Crippen molar-refractivity contribution in [2.24, 2.45) is 5.73 Å². The monoisotopic (exact) mass is 156 g/mol. The van der Waals surface area contributed by atoms with Gasteiger partial charge in [0.05, 0.1) is 0 Å². The lowest BCUT2D eigenvalue weighted by Crippen LogP contribution is -2.27. The highest BCUT2D eigenvalue weighted by Crippen LogP contribution is 2.09. The molecule has 66 valence electrons. The minimum atomic E-state index is 0.844. The Morgan fingerprint density at radius 2 is 1.64 bits per heavy atom. The molecule has 0 aromatic carbocycles. The van der Waals surface area contributed by atoms with Crippen LogP contribution >= 0.6 is 0 Å². The molecule has 0 amide bonds. The summed E-state index contributed by atoms with van der Waals surface area (Å²) in [4.78, 5) is 2.56. The molecule has 0 spiro atoms. The van der Waals surface area contributed by atoms with Crippen molar-refractivity contribution in [1.82, 2.24) is 4.90 Å². The summed E-state index contributed by atoms with van der Waals surface area (Å²) in [6, 6.07) is 0. The fourth-order valence-electron chi connectivity index (χ4n) is 1.67. The van der Waals surface area contributed by atoms with E-state index in [1.54, 1.807) is 0 Å². The van der Waals surface area contributed by atoms with E-state index in [-0.39, 0.29) is 0 Å². The molecule has 1 saturated heterocycles. The van der Waals surface area contributed by atoms with Gasteiger partial charge < -0.3 is 10.6 Å². The van der Waals surface area contributed by atoms with Crippen molar-refractivity contribution >= 4 is 0 Å². The molecule has 0 saturated carbocycles. The molecule has 0 aromatic heterocycles. The Morgan fingerprint density at radius 3 is 2.18 bits per heavy atom. The van der Waals surface area contributed by atoms with E-state index in [0.29, 0.717) is 0 Å². The molecule has 1 fully saturated rings. The van der Waals surface area contributed by atoms with Crippen molar-refractivity contribution in [2.45, 2.75) is 32.1 Å². The van der Waals surface area contributed by atoms with E-state index in [1.165, 1.54) is 51.7 Å². The van der Waals surface area contributed by atoms with Gasteiger partial charge >= 0.3 is 0 Å². The SMILES string of the molecule is NCCCN1CCCCCC1. The highest BCUT2D eigenvalue weighted by molar-refractivity contribution is 4.62. The Bertz CT molecular complexity index is 85.6. The van der Waals surface area contributed by atoms with Crippen molar-refractivity contribution in [3.63, 3.8) is 0 Å². The number of nitrogens with two attached hydrogens (primary N) is 1. The van der Waals surface area contributed by atoms with E-state index < -0.39 is 0 Å². The van der Waals surface area contributed by atoms with Crippen LogP contribution in [0.25, 0.3) is 0 Å². The molecule has 0 unspecified atom stereocenters. The third-order valence-corrected chi connectivity index (χ3v) is 2.38. The van der Waals surface area contributed by atoms with Gasteiger partial charge in [-0.05, 0) is 45.4 Å². The fourth-order valence-corrected chi connectivity index (χ4v) is 1.67. The first-order valence-electron chi connectivity index (χ1n) is 4.86. The lowest BCUT2D eigenvalue weighted by atomic mass is 10.2. The first-order valence-corrected chi connectivity index (χ1v) is 4.86. The van der Waals surface area contributed by atoms with E-state index in [0.717, 1.165) is 6.54 Å². The quantitative estimate of drug-likeness (QED) is 0.665. The van der Waals surface area contributed by atoms with Gasteiger partial charge in [-0.2, -0.15) is 0 Å². The second kappa shape index (κ2) is 5.56. The Morgan fingerprint density at radius 1 is 1.00 bits per heavy atom. The van der Waals surface area contributed by atoms with Crippen molar-refractivity contribution in [3.05, 3.63) is 0 Å². The first kappa shape index (κ1) is 9.01. The van der Waals surface area contributed by atoms with Crippen molar-refractivity contribution < 1.29 is 0 Å². The number of hydrogen-bond acceptors (Lipinski definition) is 2. The molecule has 2 heteroatoms. The number of likely N-dealkylation sites (tertiary alicyclic amines) is 1. The predicted molar refractivity (Wildman–Crippen MR) is 48.6 cm³/mol. The van der Waals surface area contributed by atoms with Gasteiger partial charge in [-0.25, -0.2) is 0 Å². The summed E-state index contributed by atoms with van der Waals surface area (Å²) in [6.45, 7) is 4.67. The van der Waals surface area contributed by atoms with Crippen LogP contribution in [0.5, 0.6) is 0 Å². The van der Waals surface area contributed by atoms with Crippen LogP contribution in [0.4, 0.5) is 0 Å². The zero-order chi connectivity index (χ0) is 7.94. The molecule has 11 heavy (non-hydrogen) atoms. The largest absolute Gasteiger partial charge is 0.330 e. The third-order valence-electron chi connectivity index (χ3n) is 2.38. The van der Waals surface area contributed by atoms with Gasteiger partial charge in [0.1, 0.15) is 0 Å². The van der Waals surface area contributed by atoms with E-state index in [1.807, 2.05) is 0 Å². The normalized spacial score (nSPS) is 21.5. The highest BCUT2D eigenvalue weighted by atomic mass is 15.1. The van der Waals surface area contributed by atoms with Crippen molar-refractivity contribution in [2.75, 3.05) is 26.2 Å². The van der Waals surface area contributed by atoms with Gasteiger partial charge in [0.25, 0.3) is 0 Å². The standard InChI is InChI=1S/C9H20N2/c10-6-5-9-11-7-3-1-2-4-8-11/h1-10H2. The highest BCUT2D eigenvalue weighted by Gasteiger charge is 2.06. The Labute approximate surface area is 69.8 Å². The fraction of sp³-hybridized carbons (Fsp3) is 1.00. The van der Waals surface area contributed by atoms with Gasteiger partial charge in [0.15, 0.2) is 0 Å². The molecule has 1 aliphatic heterocycles. The number of rotatable bonds is 3. The van der Waals surface area contributed by atoms with Crippen LogP contribution in [0.2, 0.25) is 0 Å². The molecule has 1 heterocycles. The molecule has 0 bridgehead atoms. The summed E-state index contributed by atoms with van der Waals surface area (Å²) in [5.74, 6) is 0. The van der Waals surface area contributed by atoms with Crippen LogP contribution in [0.1, 0.15) is 32.1 Å². The van der Waals surface area contributed by atoms with Gasteiger partial charge in [-0.15, -0.1) is 0 Å². The molecule has 0 radical (unpaired) electrons. The maximum absolute atomic E-state index is 5.46. The maximum atomic E-state index is 5.46. The smallest absolute Gasteiger partial charge is 0.000672 e. The minimum Gasteiger partial charge on any atom is -0.330 e. The summed E-state index contributed by atoms with van der Waals surface area (Å²) in [6.07, 6.45) is 6.81. The summed E-state index contributed by atoms with van der Waals surface area (Å²) in [5, 5.41) is 0. The molecular weight excluding hydrogens is 136 g/mol. The van der Waals surface area contributed by atoms with E-state index >= 15 is 0 Å². The maximum Gasteiger partial charge on any atom is -0.000672 e. The van der Waals surface area contributed by atoms with Crippen molar-refractivity contribution in [1.29, 1.82) is 0 Å². The van der Waals surface area contributed by atoms with Gasteiger partial charge in [0.2, 0.25) is 0 Å². The molecule has 1 rings (SSSR count). The molecule has 2 N–H and O–H groups in total. The van der Waals surface area contributed by atoms with Crippen LogP contribution in [-0.2, 0) is 0 Å². The lowest BCUT2D eigenvalue weighted by Gasteiger charge is -2.18. The van der Waals surface area contributed by atoms with Crippen LogP contribution < -0.4 is 5.73 Å². The zero-order valence-electron chi connectivity index (χ0n) is 7.39. The van der Waals surface area contributed by atoms with Crippen molar-refractivity contribution in [3.8, 4) is 0 Å². The Hall–Kier alpha value is -0.0800. The minimum absolute atomic E-state index is 0.844. The topological polar surface area (TPSA) is 29.3 Å². The second-order valence-corrected chi connectivity index (χ2v) is 3.40. The number of hydrogen-bond donors (Lipinski definition) is 1. The van der Waals surface area contributed by atoms with Crippen LogP contribution in [0, 0.1) is 0 Å². The van der Waals surface area contributed by atoms with E-state index in [2.05, 4.69) is 4.90 Å². The van der Waals surface area contributed by atoms with Crippen LogP contribution in [-0.4, -0.2) is 31.1 Å². The Kier molecular flexibility index (Phi) is 4.55. The summed E-state index contributed by atoms with van der Waals surface area (Å²) < 4.78 is 0. The molecule has 0 atom stereocenters. The second-order valence-electron chi connectivity index (χ2n) is 3.40. The number of nitrogens with zero attached hydrogens (tertiary/aromatic N) is 1. The summed E-state index contributed by atoms with van der Waals surface area (Å²) in [7, 11) is 0. The average molecular weight is 156 g/mol. The van der Waals surface area contributed by atoms with Crippen LogP contribution in [0.3, 0.4) is 0 Å². The Balaban J connectivity index is 2.09. The molecule has 0 aliphatic carbocycles. The molecule has 2 nitrogen and oxygen atoms in total. The van der Waals surface area contributed by atoms with Gasteiger partial charge in [-0.3, -0.25) is 0 Å². The zero-order valence-corrected chi connectivity index (χ0v) is 7.39. The third kappa shape index (κ3) is 3.73. The van der Waals surface area contributed by atoms with Crippen LogP contribution in [0.15, 0.2) is 0 Å².